The molecule has 0 unspecified atom stereocenters. The van der Waals surface area contributed by atoms with Gasteiger partial charge in [-0.05, 0) is 41.8 Å². The summed E-state index contributed by atoms with van der Waals surface area (Å²) >= 11 is 0. The minimum Gasteiger partial charge on any atom is -0.465 e. The van der Waals surface area contributed by atoms with E-state index >= 15 is 0 Å². The molecule has 1 amide bonds. The van der Waals surface area contributed by atoms with Gasteiger partial charge in [-0.1, -0.05) is 32.0 Å². The zero-order valence-electron chi connectivity index (χ0n) is 16.5. The van der Waals surface area contributed by atoms with Crippen molar-refractivity contribution in [1.29, 1.82) is 0 Å². The molecule has 0 atom stereocenters. The molecule has 3 rings (SSSR count). The first-order valence-corrected chi connectivity index (χ1v) is 9.15. The van der Waals surface area contributed by atoms with Gasteiger partial charge in [-0.2, -0.15) is 0 Å². The molecule has 0 aliphatic heterocycles. The summed E-state index contributed by atoms with van der Waals surface area (Å²) in [6, 6.07) is 16.1. The summed E-state index contributed by atoms with van der Waals surface area (Å²) in [5.41, 5.74) is 3.17. The van der Waals surface area contributed by atoms with E-state index in [9.17, 15) is 9.59 Å². The zero-order valence-corrected chi connectivity index (χ0v) is 16.5. The Morgan fingerprint density at radius 2 is 1.72 bits per heavy atom. The van der Waals surface area contributed by atoms with E-state index in [-0.39, 0.29) is 11.6 Å². The lowest BCUT2D eigenvalue weighted by molar-refractivity contribution is 0.0600. The molecular weight excluding hydrogens is 368 g/mol. The highest BCUT2D eigenvalue weighted by Gasteiger charge is 2.11. The van der Waals surface area contributed by atoms with E-state index in [1.807, 2.05) is 24.3 Å². The number of amides is 1. The Bertz CT molecular complexity index is 1020. The van der Waals surface area contributed by atoms with Gasteiger partial charge in [-0.3, -0.25) is 4.79 Å². The van der Waals surface area contributed by atoms with Gasteiger partial charge in [-0.25, -0.2) is 14.8 Å². The fraction of sp³-hybridized carbons (Fsp3) is 0.182. The molecule has 1 aromatic heterocycles. The first-order valence-electron chi connectivity index (χ1n) is 9.15. The van der Waals surface area contributed by atoms with Gasteiger partial charge in [0, 0.05) is 17.4 Å². The maximum atomic E-state index is 12.5. The summed E-state index contributed by atoms with van der Waals surface area (Å²) in [7, 11) is 1.33. The van der Waals surface area contributed by atoms with Crippen LogP contribution in [0.25, 0.3) is 0 Å². The average molecular weight is 390 g/mol. The Morgan fingerprint density at radius 1 is 0.966 bits per heavy atom. The molecular formula is C22H22N4O3. The van der Waals surface area contributed by atoms with Crippen LogP contribution in [-0.2, 0) is 4.74 Å². The number of anilines is 3. The van der Waals surface area contributed by atoms with Gasteiger partial charge in [0.05, 0.1) is 12.7 Å². The van der Waals surface area contributed by atoms with E-state index in [0.717, 1.165) is 0 Å². The van der Waals surface area contributed by atoms with Crippen molar-refractivity contribution in [3.8, 4) is 0 Å². The van der Waals surface area contributed by atoms with E-state index in [2.05, 4.69) is 34.4 Å². The van der Waals surface area contributed by atoms with Gasteiger partial charge in [0.25, 0.3) is 5.91 Å². The van der Waals surface area contributed by atoms with Gasteiger partial charge in [-0.15, -0.1) is 0 Å². The molecule has 7 nitrogen and oxygen atoms in total. The number of hydrogen-bond acceptors (Lipinski definition) is 6. The number of aromatic nitrogens is 2. The van der Waals surface area contributed by atoms with Crippen molar-refractivity contribution >= 4 is 29.1 Å². The minimum atomic E-state index is -0.431. The third kappa shape index (κ3) is 5.16. The van der Waals surface area contributed by atoms with Crippen LogP contribution in [0.1, 0.15) is 46.2 Å². The van der Waals surface area contributed by atoms with Crippen molar-refractivity contribution in [1.82, 2.24) is 9.97 Å². The van der Waals surface area contributed by atoms with Crippen LogP contribution in [0.3, 0.4) is 0 Å². The smallest absolute Gasteiger partial charge is 0.337 e. The number of methoxy groups -OCH3 is 1. The number of rotatable bonds is 6. The van der Waals surface area contributed by atoms with Gasteiger partial charge < -0.3 is 15.4 Å². The molecule has 0 spiro atoms. The highest BCUT2D eigenvalue weighted by molar-refractivity contribution is 6.03. The third-order valence-electron chi connectivity index (χ3n) is 4.29. The Hall–Kier alpha value is -3.74. The number of carbonyl (C=O) groups excluding carboxylic acids is 2. The van der Waals surface area contributed by atoms with Crippen LogP contribution in [0.15, 0.2) is 60.9 Å². The first kappa shape index (κ1) is 20.0. The standard InChI is InChI=1S/C22H22N4O3/c1-14(2)15-7-9-17(10-8-15)26-21(27)19-12-20(24-13-23-19)25-18-6-4-5-16(11-18)22(28)29-3/h4-14H,1-3H3,(H,26,27)(H,23,24,25). The molecule has 7 heteroatoms. The van der Waals surface area contributed by atoms with Crippen LogP contribution in [-0.4, -0.2) is 29.0 Å². The van der Waals surface area contributed by atoms with E-state index in [4.69, 9.17) is 4.74 Å². The first-order chi connectivity index (χ1) is 14.0. The van der Waals surface area contributed by atoms with Crippen LogP contribution in [0, 0.1) is 0 Å². The SMILES string of the molecule is COC(=O)c1cccc(Nc2cc(C(=O)Nc3ccc(C(C)C)cc3)ncn2)c1. The van der Waals surface area contributed by atoms with Crippen molar-refractivity contribution in [3.63, 3.8) is 0 Å². The maximum Gasteiger partial charge on any atom is 0.337 e. The quantitative estimate of drug-likeness (QED) is 0.607. The van der Waals surface area contributed by atoms with E-state index in [1.54, 1.807) is 30.3 Å². The lowest BCUT2D eigenvalue weighted by Crippen LogP contribution is -2.14. The van der Waals surface area contributed by atoms with Crippen molar-refractivity contribution in [3.05, 3.63) is 77.7 Å². The zero-order chi connectivity index (χ0) is 20.8. The van der Waals surface area contributed by atoms with Crippen LogP contribution in [0.5, 0.6) is 0 Å². The molecule has 3 aromatic rings. The molecule has 148 valence electrons. The number of ether oxygens (including phenoxy) is 1. The topological polar surface area (TPSA) is 93.2 Å². The van der Waals surface area contributed by atoms with E-state index < -0.39 is 5.97 Å². The third-order valence-corrected chi connectivity index (χ3v) is 4.29. The summed E-state index contributed by atoms with van der Waals surface area (Å²) in [5.74, 6) is 0.0891. The van der Waals surface area contributed by atoms with E-state index in [1.165, 1.54) is 19.0 Å². The molecule has 0 radical (unpaired) electrons. The molecule has 0 saturated heterocycles. The Balaban J connectivity index is 1.72. The van der Waals surface area contributed by atoms with Crippen molar-refractivity contribution < 1.29 is 14.3 Å². The molecule has 0 aliphatic rings. The van der Waals surface area contributed by atoms with Gasteiger partial charge >= 0.3 is 5.97 Å². The Morgan fingerprint density at radius 3 is 2.41 bits per heavy atom. The van der Waals surface area contributed by atoms with Crippen molar-refractivity contribution in [2.75, 3.05) is 17.7 Å². The Kier molecular flexibility index (Phi) is 6.19. The maximum absolute atomic E-state index is 12.5. The predicted octanol–water partition coefficient (Wildman–Crippen LogP) is 4.38. The fourth-order valence-electron chi connectivity index (χ4n) is 2.69. The fourth-order valence-corrected chi connectivity index (χ4v) is 2.69. The number of esters is 1. The molecule has 1 heterocycles. The van der Waals surface area contributed by atoms with Crippen LogP contribution in [0.4, 0.5) is 17.2 Å². The molecule has 0 saturated carbocycles. The summed E-state index contributed by atoms with van der Waals surface area (Å²) < 4.78 is 4.72. The molecule has 2 N–H and O–H groups in total. The second-order valence-corrected chi connectivity index (χ2v) is 6.72. The highest BCUT2D eigenvalue weighted by Crippen LogP contribution is 2.19. The van der Waals surface area contributed by atoms with Crippen LogP contribution in [0.2, 0.25) is 0 Å². The molecule has 0 bridgehead atoms. The molecule has 0 fully saturated rings. The van der Waals surface area contributed by atoms with Gasteiger partial charge in [0.1, 0.15) is 17.8 Å². The van der Waals surface area contributed by atoms with Gasteiger partial charge in [0.2, 0.25) is 0 Å². The number of carbonyl (C=O) groups is 2. The van der Waals surface area contributed by atoms with Crippen LogP contribution >= 0.6 is 0 Å². The lowest BCUT2D eigenvalue weighted by Gasteiger charge is -2.10. The number of benzene rings is 2. The number of nitrogens with zero attached hydrogens (tertiary/aromatic N) is 2. The van der Waals surface area contributed by atoms with Gasteiger partial charge in [0.15, 0.2) is 0 Å². The van der Waals surface area contributed by atoms with Crippen molar-refractivity contribution in [2.24, 2.45) is 0 Å². The summed E-state index contributed by atoms with van der Waals surface area (Å²) in [4.78, 5) is 32.4. The summed E-state index contributed by atoms with van der Waals surface area (Å²) in [6.45, 7) is 4.23. The second kappa shape index (κ2) is 8.97. The predicted molar refractivity (Wildman–Crippen MR) is 112 cm³/mol. The van der Waals surface area contributed by atoms with Crippen LogP contribution < -0.4 is 10.6 Å². The molecule has 0 aliphatic carbocycles. The van der Waals surface area contributed by atoms with Crippen molar-refractivity contribution in [2.45, 2.75) is 19.8 Å². The average Bonchev–Trinajstić information content (AvgIpc) is 2.74. The Labute approximate surface area is 169 Å². The second-order valence-electron chi connectivity index (χ2n) is 6.72. The molecule has 2 aromatic carbocycles. The monoisotopic (exact) mass is 390 g/mol. The van der Waals surface area contributed by atoms with E-state index in [0.29, 0.717) is 28.7 Å². The largest absolute Gasteiger partial charge is 0.465 e. The normalized spacial score (nSPS) is 10.5. The number of hydrogen-bond donors (Lipinski definition) is 2. The summed E-state index contributed by atoms with van der Waals surface area (Å²) in [5, 5.41) is 5.89. The lowest BCUT2D eigenvalue weighted by atomic mass is 10.0. The number of nitrogens with one attached hydrogen (secondary N) is 2. The molecule has 29 heavy (non-hydrogen) atoms. The minimum absolute atomic E-state index is 0.222. The summed E-state index contributed by atoms with van der Waals surface area (Å²) in [6.07, 6.45) is 1.31. The highest BCUT2D eigenvalue weighted by atomic mass is 16.5.